The molecule has 0 aromatic heterocycles. The number of ether oxygens (including phenoxy) is 3. The second-order valence-electron chi connectivity index (χ2n) is 19.9. The SMILES string of the molecule is CC/C=C\C/C=C\C/C=C\CCCCCCCC(=O)OC[C@H](COC(=O)CCCCCCCC/C=C\C/C=C\C/C=C\CCCCC)OC(=O)CCCCCCCCCCC/C=C\CCCCCCCC. The summed E-state index contributed by atoms with van der Waals surface area (Å²) < 4.78 is 16.9. The van der Waals surface area contributed by atoms with E-state index in [0.717, 1.165) is 116 Å². The predicted molar refractivity (Wildman–Crippen MR) is 307 cm³/mol. The molecule has 408 valence electrons. The Morgan fingerprint density at radius 2 is 0.549 bits per heavy atom. The van der Waals surface area contributed by atoms with Crippen molar-refractivity contribution in [3.05, 3.63) is 85.1 Å². The molecule has 0 bridgehead atoms. The van der Waals surface area contributed by atoms with Gasteiger partial charge in [-0.1, -0.05) is 241 Å². The highest BCUT2D eigenvalue weighted by Gasteiger charge is 2.19. The molecule has 0 rings (SSSR count). The lowest BCUT2D eigenvalue weighted by atomic mass is 10.1. The van der Waals surface area contributed by atoms with Gasteiger partial charge in [0.1, 0.15) is 13.2 Å². The van der Waals surface area contributed by atoms with E-state index in [1.54, 1.807) is 0 Å². The van der Waals surface area contributed by atoms with Gasteiger partial charge < -0.3 is 14.2 Å². The first-order chi connectivity index (χ1) is 35.0. The molecule has 71 heavy (non-hydrogen) atoms. The lowest BCUT2D eigenvalue weighted by Gasteiger charge is -2.18. The molecule has 0 fully saturated rings. The van der Waals surface area contributed by atoms with E-state index in [-0.39, 0.29) is 31.1 Å². The van der Waals surface area contributed by atoms with Crippen LogP contribution in [0, 0.1) is 0 Å². The van der Waals surface area contributed by atoms with Gasteiger partial charge in [0, 0.05) is 19.3 Å². The van der Waals surface area contributed by atoms with E-state index < -0.39 is 6.10 Å². The summed E-state index contributed by atoms with van der Waals surface area (Å²) in [5.74, 6) is -0.912. The highest BCUT2D eigenvalue weighted by Crippen LogP contribution is 2.15. The molecule has 6 nitrogen and oxygen atoms in total. The van der Waals surface area contributed by atoms with Crippen molar-refractivity contribution in [3.8, 4) is 0 Å². The van der Waals surface area contributed by atoms with Crippen molar-refractivity contribution < 1.29 is 28.6 Å². The number of carbonyl (C=O) groups excluding carboxylic acids is 3. The van der Waals surface area contributed by atoms with E-state index >= 15 is 0 Å². The summed E-state index contributed by atoms with van der Waals surface area (Å²) in [5.41, 5.74) is 0. The van der Waals surface area contributed by atoms with Crippen LogP contribution in [0.3, 0.4) is 0 Å². The molecule has 0 aliphatic carbocycles. The van der Waals surface area contributed by atoms with Crippen LogP contribution in [0.1, 0.15) is 290 Å². The minimum absolute atomic E-state index is 0.0894. The van der Waals surface area contributed by atoms with E-state index in [1.165, 1.54) is 135 Å². The second kappa shape index (κ2) is 59.2. The maximum absolute atomic E-state index is 12.9. The van der Waals surface area contributed by atoms with Crippen LogP contribution in [0.4, 0.5) is 0 Å². The molecule has 0 saturated heterocycles. The van der Waals surface area contributed by atoms with Crippen LogP contribution in [0.25, 0.3) is 0 Å². The Morgan fingerprint density at radius 3 is 0.901 bits per heavy atom. The first kappa shape index (κ1) is 67.6. The summed E-state index contributed by atoms with van der Waals surface area (Å²) in [6.45, 7) is 6.49. The number of hydrogen-bond acceptors (Lipinski definition) is 6. The van der Waals surface area contributed by atoms with Crippen molar-refractivity contribution in [2.45, 2.75) is 297 Å². The Bertz CT molecular complexity index is 1370. The van der Waals surface area contributed by atoms with Gasteiger partial charge in [-0.2, -0.15) is 0 Å². The average Bonchev–Trinajstić information content (AvgIpc) is 3.37. The third-order valence-electron chi connectivity index (χ3n) is 12.9. The molecule has 0 unspecified atom stereocenters. The fourth-order valence-electron chi connectivity index (χ4n) is 8.34. The maximum Gasteiger partial charge on any atom is 0.306 e. The molecule has 0 aromatic carbocycles. The molecule has 0 radical (unpaired) electrons. The highest BCUT2D eigenvalue weighted by molar-refractivity contribution is 5.71. The number of unbranched alkanes of at least 4 members (excludes halogenated alkanes) is 29. The number of esters is 3. The van der Waals surface area contributed by atoms with E-state index in [2.05, 4.69) is 106 Å². The quantitative estimate of drug-likeness (QED) is 0.0261. The molecule has 0 aliphatic rings. The molecular formula is C65H112O6. The third kappa shape index (κ3) is 57.4. The van der Waals surface area contributed by atoms with E-state index in [0.29, 0.717) is 19.3 Å². The Balaban J connectivity index is 4.42. The van der Waals surface area contributed by atoms with Crippen molar-refractivity contribution in [2.24, 2.45) is 0 Å². The van der Waals surface area contributed by atoms with E-state index in [1.807, 2.05) is 0 Å². The maximum atomic E-state index is 12.9. The lowest BCUT2D eigenvalue weighted by Crippen LogP contribution is -2.30. The summed E-state index contributed by atoms with van der Waals surface area (Å²) in [5, 5.41) is 0. The Hall–Kier alpha value is -3.41. The van der Waals surface area contributed by atoms with Crippen molar-refractivity contribution in [2.75, 3.05) is 13.2 Å². The van der Waals surface area contributed by atoms with Gasteiger partial charge in [0.25, 0.3) is 0 Å². The van der Waals surface area contributed by atoms with Gasteiger partial charge in [0.15, 0.2) is 6.10 Å². The van der Waals surface area contributed by atoms with Gasteiger partial charge in [-0.25, -0.2) is 0 Å². The molecule has 0 spiro atoms. The van der Waals surface area contributed by atoms with Gasteiger partial charge in [0.05, 0.1) is 0 Å². The van der Waals surface area contributed by atoms with E-state index in [9.17, 15) is 14.4 Å². The largest absolute Gasteiger partial charge is 0.462 e. The Morgan fingerprint density at radius 1 is 0.296 bits per heavy atom. The summed E-state index contributed by atoms with van der Waals surface area (Å²) in [6, 6.07) is 0. The number of hydrogen-bond donors (Lipinski definition) is 0. The molecule has 0 heterocycles. The van der Waals surface area contributed by atoms with Crippen LogP contribution >= 0.6 is 0 Å². The van der Waals surface area contributed by atoms with Crippen molar-refractivity contribution in [1.29, 1.82) is 0 Å². The number of allylic oxidation sites excluding steroid dienone is 14. The van der Waals surface area contributed by atoms with Crippen LogP contribution in [0.2, 0.25) is 0 Å². The molecule has 0 N–H and O–H groups in total. The summed E-state index contributed by atoms with van der Waals surface area (Å²) in [6.07, 6.45) is 77.1. The summed E-state index contributed by atoms with van der Waals surface area (Å²) >= 11 is 0. The highest BCUT2D eigenvalue weighted by atomic mass is 16.6. The zero-order valence-electron chi connectivity index (χ0n) is 46.7. The van der Waals surface area contributed by atoms with Crippen LogP contribution in [-0.4, -0.2) is 37.2 Å². The van der Waals surface area contributed by atoms with Gasteiger partial charge >= 0.3 is 17.9 Å². The smallest absolute Gasteiger partial charge is 0.306 e. The topological polar surface area (TPSA) is 78.9 Å². The molecule has 1 atom stereocenters. The molecule has 0 aliphatic heterocycles. The molecule has 0 amide bonds. The molecular weight excluding hydrogens is 877 g/mol. The number of rotatable bonds is 54. The van der Waals surface area contributed by atoms with Crippen LogP contribution in [0.5, 0.6) is 0 Å². The summed E-state index contributed by atoms with van der Waals surface area (Å²) in [4.78, 5) is 38.2. The van der Waals surface area contributed by atoms with Crippen molar-refractivity contribution >= 4 is 17.9 Å². The molecule has 6 heteroatoms. The van der Waals surface area contributed by atoms with Crippen LogP contribution in [0.15, 0.2) is 85.1 Å². The van der Waals surface area contributed by atoms with Gasteiger partial charge in [-0.15, -0.1) is 0 Å². The zero-order valence-corrected chi connectivity index (χ0v) is 46.7. The average molecular weight is 990 g/mol. The standard InChI is InChI=1S/C65H112O6/c1-4-7-10-13-16-19-22-25-28-30-32-34-37-40-43-46-49-52-55-58-64(67)70-61-62(60-69-63(66)57-54-51-48-45-42-39-36-27-24-21-18-15-12-9-6-3)71-65(68)59-56-53-50-47-44-41-38-35-33-31-29-26-23-20-17-14-11-8-5-2/h9,12,16,18-19,21,25-29,32,34,36,62H,4-8,10-11,13-15,17,20,22-24,30-31,33,35,37-61H2,1-3H3/b12-9-,19-16-,21-18-,28-25-,29-26-,34-32-,36-27-/t62-/m1/s1. The zero-order chi connectivity index (χ0) is 51.4. The minimum atomic E-state index is -0.792. The first-order valence-electron chi connectivity index (χ1n) is 30.1. The lowest BCUT2D eigenvalue weighted by molar-refractivity contribution is -0.167. The second-order valence-corrected chi connectivity index (χ2v) is 19.9. The molecule has 0 saturated carbocycles. The van der Waals surface area contributed by atoms with Gasteiger partial charge in [-0.05, 0) is 116 Å². The van der Waals surface area contributed by atoms with Crippen molar-refractivity contribution in [1.82, 2.24) is 0 Å². The van der Waals surface area contributed by atoms with E-state index in [4.69, 9.17) is 14.2 Å². The fourth-order valence-corrected chi connectivity index (χ4v) is 8.34. The van der Waals surface area contributed by atoms with Crippen LogP contribution < -0.4 is 0 Å². The monoisotopic (exact) mass is 989 g/mol. The van der Waals surface area contributed by atoms with Gasteiger partial charge in [-0.3, -0.25) is 14.4 Å². The van der Waals surface area contributed by atoms with Crippen LogP contribution in [-0.2, 0) is 28.6 Å². The van der Waals surface area contributed by atoms with Gasteiger partial charge in [0.2, 0.25) is 0 Å². The first-order valence-corrected chi connectivity index (χ1v) is 30.1. The number of carbonyl (C=O) groups is 3. The predicted octanol–water partition coefficient (Wildman–Crippen LogP) is 20.3. The normalized spacial score (nSPS) is 12.7. The molecule has 0 aromatic rings. The Labute approximate surface area is 439 Å². The summed E-state index contributed by atoms with van der Waals surface area (Å²) in [7, 11) is 0. The fraction of sp³-hybridized carbons (Fsp3) is 0.738. The van der Waals surface area contributed by atoms with Crippen molar-refractivity contribution in [3.63, 3.8) is 0 Å². The minimum Gasteiger partial charge on any atom is -0.462 e. The Kier molecular flexibility index (Phi) is 56.3. The third-order valence-corrected chi connectivity index (χ3v) is 12.9.